The van der Waals surface area contributed by atoms with E-state index >= 15 is 0 Å². The van der Waals surface area contributed by atoms with E-state index in [1.165, 1.54) is 6.20 Å². The fraction of sp³-hybridized carbons (Fsp3) is 0.643. The van der Waals surface area contributed by atoms with E-state index in [9.17, 15) is 17.4 Å². The number of nitrogens with zero attached hydrogens (tertiary/aromatic N) is 1. The summed E-state index contributed by atoms with van der Waals surface area (Å²) in [5.41, 5.74) is 0.223. The minimum Gasteiger partial charge on any atom is -0.251 e. The van der Waals surface area contributed by atoms with Crippen LogP contribution in [0.25, 0.3) is 0 Å². The van der Waals surface area contributed by atoms with Crippen molar-refractivity contribution in [2.45, 2.75) is 58.0 Å². The van der Waals surface area contributed by atoms with Crippen LogP contribution in [-0.4, -0.2) is 13.9 Å². The van der Waals surface area contributed by atoms with E-state index < -0.39 is 27.6 Å². The number of hydrogen-bond donors (Lipinski definition) is 1. The molecule has 0 amide bonds. The number of alkyl halides is 3. The van der Waals surface area contributed by atoms with Gasteiger partial charge in [-0.2, -0.15) is 13.2 Å². The molecule has 0 saturated heterocycles. The van der Waals surface area contributed by atoms with Crippen LogP contribution in [0.1, 0.15) is 57.0 Å². The zero-order valence-electron chi connectivity index (χ0n) is 12.8. The van der Waals surface area contributed by atoms with Crippen molar-refractivity contribution in [2.75, 3.05) is 0 Å². The molecule has 0 unspecified atom stereocenters. The maximum atomic E-state index is 12.6. The van der Waals surface area contributed by atoms with Crippen LogP contribution in [0, 0.1) is 6.92 Å². The molecule has 2 atom stereocenters. The largest absolute Gasteiger partial charge is 0.433 e. The van der Waals surface area contributed by atoms with E-state index in [1.807, 2.05) is 27.7 Å². The monoisotopic (exact) mass is 322 g/mol. The lowest BCUT2D eigenvalue weighted by atomic mass is 10.0. The molecule has 0 radical (unpaired) electrons. The number of nitrogens with one attached hydrogen (secondary N) is 1. The third-order valence-electron chi connectivity index (χ3n) is 3.03. The zero-order valence-corrected chi connectivity index (χ0v) is 13.7. The molecule has 0 aliphatic carbocycles. The molecule has 21 heavy (non-hydrogen) atoms. The predicted octanol–water partition coefficient (Wildman–Crippen LogP) is 3.91. The van der Waals surface area contributed by atoms with Crippen LogP contribution in [0.2, 0.25) is 0 Å². The summed E-state index contributed by atoms with van der Waals surface area (Å²) >= 11 is 0. The highest BCUT2D eigenvalue weighted by Crippen LogP contribution is 2.30. The molecule has 3 nitrogen and oxygen atoms in total. The summed E-state index contributed by atoms with van der Waals surface area (Å²) in [5, 5.41) is 0. The highest BCUT2D eigenvalue weighted by atomic mass is 32.2. The summed E-state index contributed by atoms with van der Waals surface area (Å²) in [7, 11) is -1.30. The van der Waals surface area contributed by atoms with Gasteiger partial charge in [0.25, 0.3) is 0 Å². The van der Waals surface area contributed by atoms with E-state index in [4.69, 9.17) is 0 Å². The number of halogens is 3. The summed E-state index contributed by atoms with van der Waals surface area (Å²) < 4.78 is 52.5. The Bertz CT molecular complexity index is 524. The van der Waals surface area contributed by atoms with Crippen LogP contribution >= 0.6 is 0 Å². The maximum absolute atomic E-state index is 12.6. The molecule has 1 aromatic heterocycles. The Balaban J connectivity index is 3.05. The minimum atomic E-state index is -4.45. The van der Waals surface area contributed by atoms with E-state index in [2.05, 4.69) is 9.71 Å². The van der Waals surface area contributed by atoms with Crippen LogP contribution in [0.4, 0.5) is 13.2 Å². The molecular weight excluding hydrogens is 301 g/mol. The third-order valence-corrected chi connectivity index (χ3v) is 4.64. The molecule has 1 aromatic rings. The van der Waals surface area contributed by atoms with Gasteiger partial charge in [-0.1, -0.05) is 6.92 Å². The normalized spacial score (nSPS) is 15.8. The highest BCUT2D eigenvalue weighted by molar-refractivity contribution is 7.84. The Kier molecular flexibility index (Phi) is 5.55. The van der Waals surface area contributed by atoms with Crippen LogP contribution in [0.15, 0.2) is 12.3 Å². The molecule has 0 bridgehead atoms. The lowest BCUT2D eigenvalue weighted by Gasteiger charge is -2.24. The topological polar surface area (TPSA) is 42.0 Å². The number of aryl methyl sites for hydroxylation is 1. The quantitative estimate of drug-likeness (QED) is 0.913. The standard InChI is InChI=1S/C14H21F3N2OS/c1-6-11(19-21(20)13(3,4)5)10-8-18-12(7-9(10)2)14(15,16)17/h7-8,11,19H,6H2,1-5H3/t11-,21-/m0/s1. The van der Waals surface area contributed by atoms with E-state index in [-0.39, 0.29) is 6.04 Å². The Morgan fingerprint density at radius 2 is 1.90 bits per heavy atom. The van der Waals surface area contributed by atoms with Crippen molar-refractivity contribution in [1.29, 1.82) is 0 Å². The van der Waals surface area contributed by atoms with Crippen molar-refractivity contribution < 1.29 is 17.4 Å². The second-order valence-corrected chi connectivity index (χ2v) is 7.88. The summed E-state index contributed by atoms with van der Waals surface area (Å²) in [5.74, 6) is 0. The molecule has 120 valence electrons. The van der Waals surface area contributed by atoms with Gasteiger partial charge in [0, 0.05) is 12.2 Å². The molecule has 0 fully saturated rings. The predicted molar refractivity (Wildman–Crippen MR) is 78.0 cm³/mol. The zero-order chi connectivity index (χ0) is 16.4. The lowest BCUT2D eigenvalue weighted by molar-refractivity contribution is -0.141. The first-order valence-electron chi connectivity index (χ1n) is 6.68. The van der Waals surface area contributed by atoms with Gasteiger partial charge in [0.05, 0.1) is 15.7 Å². The Morgan fingerprint density at radius 3 is 2.29 bits per heavy atom. The van der Waals surface area contributed by atoms with Crippen molar-refractivity contribution in [2.24, 2.45) is 0 Å². The van der Waals surface area contributed by atoms with Gasteiger partial charge in [-0.3, -0.25) is 4.98 Å². The first-order chi connectivity index (χ1) is 9.46. The lowest BCUT2D eigenvalue weighted by Crippen LogP contribution is -2.35. The van der Waals surface area contributed by atoms with Crippen LogP contribution < -0.4 is 4.72 Å². The smallest absolute Gasteiger partial charge is 0.251 e. The minimum absolute atomic E-state index is 0.292. The SMILES string of the molecule is CC[C@H](N[S@@](=O)C(C)(C)C)c1cnc(C(F)(F)F)cc1C. The molecular formula is C14H21F3N2OS. The highest BCUT2D eigenvalue weighted by Gasteiger charge is 2.33. The van der Waals surface area contributed by atoms with Crippen molar-refractivity contribution in [3.05, 3.63) is 29.1 Å². The van der Waals surface area contributed by atoms with Crippen LogP contribution in [0.5, 0.6) is 0 Å². The fourth-order valence-electron chi connectivity index (χ4n) is 1.76. The number of rotatable bonds is 4. The first-order valence-corrected chi connectivity index (χ1v) is 7.83. The second kappa shape index (κ2) is 6.44. The number of pyridine rings is 1. The van der Waals surface area contributed by atoms with Gasteiger partial charge in [-0.15, -0.1) is 0 Å². The van der Waals surface area contributed by atoms with Gasteiger partial charge in [0.2, 0.25) is 0 Å². The Morgan fingerprint density at radius 1 is 1.33 bits per heavy atom. The summed E-state index contributed by atoms with van der Waals surface area (Å²) in [4.78, 5) is 3.49. The molecule has 0 aliphatic heterocycles. The van der Waals surface area contributed by atoms with Gasteiger partial charge >= 0.3 is 6.18 Å². The molecule has 0 aliphatic rings. The van der Waals surface area contributed by atoms with Crippen molar-refractivity contribution in [3.8, 4) is 0 Å². The summed E-state index contributed by atoms with van der Waals surface area (Å²) in [6.45, 7) is 8.99. The number of hydrogen-bond acceptors (Lipinski definition) is 2. The van der Waals surface area contributed by atoms with Crippen LogP contribution in [-0.2, 0) is 17.2 Å². The van der Waals surface area contributed by atoms with Crippen LogP contribution in [0.3, 0.4) is 0 Å². The molecule has 0 saturated carbocycles. The molecule has 0 spiro atoms. The summed E-state index contributed by atoms with van der Waals surface area (Å²) in [6.07, 6.45) is -2.62. The average Bonchev–Trinajstić information content (AvgIpc) is 2.33. The molecule has 1 rings (SSSR count). The first kappa shape index (κ1) is 18.1. The van der Waals surface area contributed by atoms with Crippen molar-refractivity contribution >= 4 is 11.0 Å². The van der Waals surface area contributed by atoms with E-state index in [1.54, 1.807) is 6.92 Å². The van der Waals surface area contributed by atoms with E-state index in [0.717, 1.165) is 6.07 Å². The molecule has 7 heteroatoms. The van der Waals surface area contributed by atoms with Gasteiger partial charge in [-0.05, 0) is 51.3 Å². The second-order valence-electron chi connectivity index (χ2n) is 5.88. The fourth-order valence-corrected chi connectivity index (χ4v) is 2.66. The van der Waals surface area contributed by atoms with Gasteiger partial charge in [-0.25, -0.2) is 8.93 Å². The van der Waals surface area contributed by atoms with E-state index in [0.29, 0.717) is 17.5 Å². The van der Waals surface area contributed by atoms with Gasteiger partial charge < -0.3 is 0 Å². The summed E-state index contributed by atoms with van der Waals surface area (Å²) in [6, 6.07) is 0.736. The maximum Gasteiger partial charge on any atom is 0.433 e. The third kappa shape index (κ3) is 4.78. The molecule has 1 N–H and O–H groups in total. The Hall–Kier alpha value is -0.950. The number of aromatic nitrogens is 1. The van der Waals surface area contributed by atoms with Crippen molar-refractivity contribution in [1.82, 2.24) is 9.71 Å². The molecule has 1 heterocycles. The molecule has 0 aromatic carbocycles. The van der Waals surface area contributed by atoms with Gasteiger partial charge in [0.1, 0.15) is 5.69 Å². The van der Waals surface area contributed by atoms with Gasteiger partial charge in [0.15, 0.2) is 0 Å². The Labute approximate surface area is 125 Å². The van der Waals surface area contributed by atoms with Crippen molar-refractivity contribution in [3.63, 3.8) is 0 Å². The average molecular weight is 322 g/mol.